The largest absolute Gasteiger partial charge is 0.342 e. The van der Waals surface area contributed by atoms with Gasteiger partial charge in [0.2, 0.25) is 0 Å². The zero-order valence-corrected chi connectivity index (χ0v) is 11.7. The number of pyridine rings is 1. The van der Waals surface area contributed by atoms with Gasteiger partial charge in [-0.3, -0.25) is 9.59 Å². The van der Waals surface area contributed by atoms with Crippen LogP contribution in [0.5, 0.6) is 0 Å². The van der Waals surface area contributed by atoms with Gasteiger partial charge in [-0.2, -0.15) is 5.10 Å². The number of aryl methyl sites for hydroxylation is 1. The molecule has 1 fully saturated rings. The summed E-state index contributed by atoms with van der Waals surface area (Å²) in [5.41, 5.74) is -0.271. The Balaban J connectivity index is 1.85. The summed E-state index contributed by atoms with van der Waals surface area (Å²) in [7, 11) is 0. The van der Waals surface area contributed by atoms with Crippen molar-refractivity contribution in [2.24, 2.45) is 5.92 Å². The number of nitrogens with zero attached hydrogens (tertiary/aromatic N) is 3. The number of nitrogens with one attached hydrogen (secondary N) is 2. The summed E-state index contributed by atoms with van der Waals surface area (Å²) in [5, 5.41) is 7.08. The van der Waals surface area contributed by atoms with Crippen LogP contribution >= 0.6 is 0 Å². The lowest BCUT2D eigenvalue weighted by atomic mass is 10.1. The van der Waals surface area contributed by atoms with Gasteiger partial charge in [0.05, 0.1) is 6.04 Å². The van der Waals surface area contributed by atoms with Crippen LogP contribution in [0.15, 0.2) is 29.5 Å². The maximum atomic E-state index is 12.3. The summed E-state index contributed by atoms with van der Waals surface area (Å²) in [5.74, 6) is 0.742. The van der Waals surface area contributed by atoms with E-state index in [2.05, 4.69) is 20.4 Å². The van der Waals surface area contributed by atoms with Gasteiger partial charge < -0.3 is 10.3 Å². The zero-order valence-electron chi connectivity index (χ0n) is 11.7. The lowest BCUT2D eigenvalue weighted by Gasteiger charge is -2.17. The quantitative estimate of drug-likeness (QED) is 0.853. The van der Waals surface area contributed by atoms with E-state index in [9.17, 15) is 9.59 Å². The minimum absolute atomic E-state index is 0.116. The van der Waals surface area contributed by atoms with Crippen molar-refractivity contribution in [2.45, 2.75) is 32.4 Å². The summed E-state index contributed by atoms with van der Waals surface area (Å²) in [4.78, 5) is 30.8. The van der Waals surface area contributed by atoms with Crippen LogP contribution in [0.3, 0.4) is 0 Å². The summed E-state index contributed by atoms with van der Waals surface area (Å²) >= 11 is 0. The van der Waals surface area contributed by atoms with E-state index < -0.39 is 0 Å². The normalized spacial score (nSPS) is 15.7. The van der Waals surface area contributed by atoms with Gasteiger partial charge in [-0.05, 0) is 37.8 Å². The average molecular weight is 287 g/mol. The van der Waals surface area contributed by atoms with E-state index in [1.54, 1.807) is 10.7 Å². The Kier molecular flexibility index (Phi) is 3.55. The molecule has 2 aromatic heterocycles. The topological polar surface area (TPSA) is 92.7 Å². The van der Waals surface area contributed by atoms with Gasteiger partial charge in [0.25, 0.3) is 11.5 Å². The molecule has 0 aromatic carbocycles. The number of hydrogen-bond donors (Lipinski definition) is 2. The molecular weight excluding hydrogens is 270 g/mol. The number of amides is 1. The van der Waals surface area contributed by atoms with Crippen molar-refractivity contribution >= 4 is 5.91 Å². The van der Waals surface area contributed by atoms with E-state index in [4.69, 9.17) is 0 Å². The molecule has 0 saturated heterocycles. The fourth-order valence-electron chi connectivity index (χ4n) is 2.40. The highest BCUT2D eigenvalue weighted by Gasteiger charge is 2.36. The predicted molar refractivity (Wildman–Crippen MR) is 75.7 cm³/mol. The van der Waals surface area contributed by atoms with Crippen LogP contribution in [0, 0.1) is 5.92 Å². The molecule has 1 aliphatic rings. The summed E-state index contributed by atoms with van der Waals surface area (Å²) in [6, 6.07) is 2.96. The highest BCUT2D eigenvalue weighted by Crippen LogP contribution is 2.40. The van der Waals surface area contributed by atoms with E-state index >= 15 is 0 Å². The van der Waals surface area contributed by atoms with Gasteiger partial charge >= 0.3 is 0 Å². The van der Waals surface area contributed by atoms with Gasteiger partial charge in [-0.25, -0.2) is 9.67 Å². The first-order chi connectivity index (χ1) is 10.2. The number of aromatic nitrogens is 4. The lowest BCUT2D eigenvalue weighted by Crippen LogP contribution is -2.35. The molecule has 1 atom stereocenters. The van der Waals surface area contributed by atoms with E-state index in [0.29, 0.717) is 12.5 Å². The Bertz CT molecular complexity index is 701. The molecule has 2 heterocycles. The molecule has 1 saturated carbocycles. The van der Waals surface area contributed by atoms with E-state index in [0.717, 1.165) is 18.7 Å². The highest BCUT2D eigenvalue weighted by molar-refractivity contribution is 5.94. The number of rotatable bonds is 5. The fourth-order valence-corrected chi connectivity index (χ4v) is 2.40. The van der Waals surface area contributed by atoms with Crippen LogP contribution in [0.2, 0.25) is 0 Å². The second kappa shape index (κ2) is 5.51. The van der Waals surface area contributed by atoms with Crippen LogP contribution in [0.4, 0.5) is 0 Å². The molecule has 21 heavy (non-hydrogen) atoms. The van der Waals surface area contributed by atoms with Gasteiger partial charge in [0.15, 0.2) is 0 Å². The summed E-state index contributed by atoms with van der Waals surface area (Å²) in [6.45, 7) is 2.67. The van der Waals surface area contributed by atoms with Crippen LogP contribution in [0.1, 0.15) is 42.0 Å². The third-order valence-electron chi connectivity index (χ3n) is 3.67. The average Bonchev–Trinajstić information content (AvgIpc) is 3.22. The number of carbonyl (C=O) groups is 1. The van der Waals surface area contributed by atoms with Gasteiger partial charge in [-0.1, -0.05) is 0 Å². The number of aromatic amines is 1. The van der Waals surface area contributed by atoms with Crippen molar-refractivity contribution < 1.29 is 4.79 Å². The smallest absolute Gasteiger partial charge is 0.260 e. The molecule has 2 N–H and O–H groups in total. The Morgan fingerprint density at radius 1 is 1.57 bits per heavy atom. The molecule has 0 unspecified atom stereocenters. The van der Waals surface area contributed by atoms with Crippen LogP contribution in [-0.4, -0.2) is 25.7 Å². The minimum atomic E-state index is -0.387. The molecule has 0 bridgehead atoms. The molecule has 110 valence electrons. The molecule has 0 aliphatic heterocycles. The van der Waals surface area contributed by atoms with Crippen molar-refractivity contribution in [1.82, 2.24) is 25.1 Å². The molecule has 0 spiro atoms. The van der Waals surface area contributed by atoms with Gasteiger partial charge in [0.1, 0.15) is 17.7 Å². The molecular formula is C14H17N5O2. The standard InChI is InChI=1S/C14H17N5O2/c1-2-19-12(16-8-17-19)11(9-5-6-9)18-14(21)10-4-3-7-15-13(10)20/h3-4,7-9,11H,2,5-6H2,1H3,(H,15,20)(H,18,21)/t11-/m0/s1. The predicted octanol–water partition coefficient (Wildman–Crippen LogP) is 0.867. The molecule has 1 amide bonds. The van der Waals surface area contributed by atoms with Crippen LogP contribution in [0.25, 0.3) is 0 Å². The van der Waals surface area contributed by atoms with Crippen LogP contribution in [-0.2, 0) is 6.54 Å². The Hall–Kier alpha value is -2.44. The Morgan fingerprint density at radius 3 is 3.05 bits per heavy atom. The third kappa shape index (κ3) is 2.72. The Labute approximate surface area is 121 Å². The molecule has 1 aliphatic carbocycles. The second-order valence-corrected chi connectivity index (χ2v) is 5.14. The minimum Gasteiger partial charge on any atom is -0.342 e. The van der Waals surface area contributed by atoms with E-state index in [1.165, 1.54) is 18.6 Å². The van der Waals surface area contributed by atoms with Crippen molar-refractivity contribution in [3.63, 3.8) is 0 Å². The first-order valence-corrected chi connectivity index (χ1v) is 7.07. The SMILES string of the molecule is CCn1ncnc1[C@@H](NC(=O)c1ccc[nH]c1=O)C1CC1. The van der Waals surface area contributed by atoms with Crippen molar-refractivity contribution in [2.75, 3.05) is 0 Å². The Morgan fingerprint density at radius 2 is 2.38 bits per heavy atom. The summed E-state index contributed by atoms with van der Waals surface area (Å²) < 4.78 is 1.78. The van der Waals surface area contributed by atoms with Gasteiger partial charge in [-0.15, -0.1) is 0 Å². The fraction of sp³-hybridized carbons (Fsp3) is 0.429. The maximum absolute atomic E-state index is 12.3. The number of carbonyl (C=O) groups excluding carboxylic acids is 1. The molecule has 2 aromatic rings. The third-order valence-corrected chi connectivity index (χ3v) is 3.67. The number of H-pyrrole nitrogens is 1. The second-order valence-electron chi connectivity index (χ2n) is 5.14. The first-order valence-electron chi connectivity index (χ1n) is 7.07. The maximum Gasteiger partial charge on any atom is 0.260 e. The van der Waals surface area contributed by atoms with Crippen molar-refractivity contribution in [3.8, 4) is 0 Å². The lowest BCUT2D eigenvalue weighted by molar-refractivity contribution is 0.0927. The molecule has 7 nitrogen and oxygen atoms in total. The zero-order chi connectivity index (χ0) is 14.8. The molecule has 7 heteroatoms. The van der Waals surface area contributed by atoms with Crippen molar-refractivity contribution in [1.29, 1.82) is 0 Å². The highest BCUT2D eigenvalue weighted by atomic mass is 16.2. The summed E-state index contributed by atoms with van der Waals surface area (Å²) in [6.07, 6.45) is 5.10. The monoisotopic (exact) mass is 287 g/mol. The van der Waals surface area contributed by atoms with E-state index in [1.807, 2.05) is 6.92 Å². The van der Waals surface area contributed by atoms with Crippen LogP contribution < -0.4 is 10.9 Å². The molecule has 3 rings (SSSR count). The van der Waals surface area contributed by atoms with Crippen molar-refractivity contribution in [3.05, 3.63) is 46.4 Å². The van der Waals surface area contributed by atoms with E-state index in [-0.39, 0.29) is 23.1 Å². The number of hydrogen-bond acceptors (Lipinski definition) is 4. The van der Waals surface area contributed by atoms with Gasteiger partial charge in [0, 0.05) is 12.7 Å². The molecule has 0 radical (unpaired) electrons. The first kappa shape index (κ1) is 13.5.